The maximum absolute atomic E-state index is 12.0. The Bertz CT molecular complexity index is 813. The fourth-order valence-electron chi connectivity index (χ4n) is 2.92. The maximum Gasteiger partial charge on any atom is 0.306 e. The zero-order chi connectivity index (χ0) is 20.7. The van der Waals surface area contributed by atoms with Gasteiger partial charge in [0.05, 0.1) is 5.69 Å². The number of esters is 1. The molecule has 0 bridgehead atoms. The number of halogens is 1. The summed E-state index contributed by atoms with van der Waals surface area (Å²) < 4.78 is 7.08. The summed E-state index contributed by atoms with van der Waals surface area (Å²) in [7, 11) is 0. The molecule has 0 spiro atoms. The second-order valence-electron chi connectivity index (χ2n) is 7.29. The number of nitrogens with one attached hydrogen (secondary N) is 1. The Balaban J connectivity index is 1.74. The lowest BCUT2D eigenvalue weighted by Crippen LogP contribution is -2.28. The van der Waals surface area contributed by atoms with Gasteiger partial charge >= 0.3 is 5.97 Å². The lowest BCUT2D eigenvalue weighted by atomic mass is 10.1. The van der Waals surface area contributed by atoms with Gasteiger partial charge in [0, 0.05) is 30.2 Å². The highest BCUT2D eigenvalue weighted by Gasteiger charge is 2.15. The minimum Gasteiger partial charge on any atom is -0.456 e. The van der Waals surface area contributed by atoms with E-state index in [2.05, 4.69) is 24.3 Å². The minimum absolute atomic E-state index is 0.222. The number of carbonyl (C=O) groups is 2. The number of hydrogen-bond donors (Lipinski definition) is 1. The van der Waals surface area contributed by atoms with E-state index in [0.717, 1.165) is 29.1 Å². The molecule has 0 saturated heterocycles. The molecular formula is C21H28ClN3O3. The van der Waals surface area contributed by atoms with E-state index in [0.29, 0.717) is 23.9 Å². The number of rotatable bonds is 9. The number of ether oxygens (including phenoxy) is 1. The molecule has 0 aliphatic carbocycles. The highest BCUT2D eigenvalue weighted by Crippen LogP contribution is 2.16. The van der Waals surface area contributed by atoms with E-state index in [1.54, 1.807) is 12.1 Å². The van der Waals surface area contributed by atoms with Crippen LogP contribution in [-0.2, 0) is 33.8 Å². The molecule has 2 aromatic rings. The Morgan fingerprint density at radius 2 is 1.89 bits per heavy atom. The van der Waals surface area contributed by atoms with Crippen molar-refractivity contribution >= 4 is 23.5 Å². The third-order valence-electron chi connectivity index (χ3n) is 4.42. The van der Waals surface area contributed by atoms with Crippen molar-refractivity contribution in [1.82, 2.24) is 15.1 Å². The molecule has 0 aliphatic heterocycles. The van der Waals surface area contributed by atoms with Crippen LogP contribution >= 0.6 is 11.6 Å². The first kappa shape index (κ1) is 22.0. The van der Waals surface area contributed by atoms with Crippen LogP contribution in [0.3, 0.4) is 0 Å². The van der Waals surface area contributed by atoms with Crippen molar-refractivity contribution in [1.29, 1.82) is 0 Å². The minimum atomic E-state index is -0.392. The van der Waals surface area contributed by atoms with Gasteiger partial charge in [-0.1, -0.05) is 37.6 Å². The molecular weight excluding hydrogens is 378 g/mol. The molecule has 152 valence electrons. The van der Waals surface area contributed by atoms with Crippen LogP contribution in [0, 0.1) is 19.8 Å². The van der Waals surface area contributed by atoms with Crippen LogP contribution in [0.4, 0.5) is 0 Å². The molecule has 7 heteroatoms. The highest BCUT2D eigenvalue weighted by molar-refractivity contribution is 6.30. The Morgan fingerprint density at radius 1 is 1.21 bits per heavy atom. The lowest BCUT2D eigenvalue weighted by molar-refractivity contribution is -0.148. The fourth-order valence-corrected chi connectivity index (χ4v) is 3.04. The fraction of sp³-hybridized carbons (Fsp3) is 0.476. The summed E-state index contributed by atoms with van der Waals surface area (Å²) in [5.74, 6) is -0.223. The van der Waals surface area contributed by atoms with E-state index >= 15 is 0 Å². The molecule has 1 N–H and O–H groups in total. The zero-order valence-electron chi connectivity index (χ0n) is 16.9. The summed E-state index contributed by atoms with van der Waals surface area (Å²) in [6.07, 6.45) is 0.778. The first-order chi connectivity index (χ1) is 13.3. The number of hydrogen-bond acceptors (Lipinski definition) is 4. The number of aromatic nitrogens is 2. The summed E-state index contributed by atoms with van der Waals surface area (Å²) in [4.78, 5) is 23.8. The second kappa shape index (κ2) is 10.3. The molecule has 0 radical (unpaired) electrons. The first-order valence-electron chi connectivity index (χ1n) is 9.46. The van der Waals surface area contributed by atoms with Crippen molar-refractivity contribution in [2.75, 3.05) is 6.61 Å². The largest absolute Gasteiger partial charge is 0.456 e. The van der Waals surface area contributed by atoms with Crippen LogP contribution in [0.2, 0.25) is 5.02 Å². The average molecular weight is 406 g/mol. The monoisotopic (exact) mass is 405 g/mol. The maximum atomic E-state index is 12.0. The molecule has 0 saturated carbocycles. The van der Waals surface area contributed by atoms with Gasteiger partial charge in [0.15, 0.2) is 6.61 Å². The van der Waals surface area contributed by atoms with Crippen LogP contribution in [0.25, 0.3) is 0 Å². The quantitative estimate of drug-likeness (QED) is 0.647. The van der Waals surface area contributed by atoms with Crippen LogP contribution in [0.5, 0.6) is 0 Å². The van der Waals surface area contributed by atoms with Crippen LogP contribution in [-0.4, -0.2) is 28.3 Å². The van der Waals surface area contributed by atoms with E-state index in [1.165, 1.54) is 0 Å². The first-order valence-corrected chi connectivity index (χ1v) is 9.83. The molecule has 2 rings (SSSR count). The number of benzene rings is 1. The SMILES string of the molecule is Cc1nn(CC(C)C)c(C)c1CCC(=O)OCC(=O)NCc1ccc(Cl)cc1. The molecule has 0 fully saturated rings. The lowest BCUT2D eigenvalue weighted by Gasteiger charge is -2.08. The third-order valence-corrected chi connectivity index (χ3v) is 4.67. The van der Waals surface area contributed by atoms with Crippen molar-refractivity contribution < 1.29 is 14.3 Å². The molecule has 0 unspecified atom stereocenters. The normalized spacial score (nSPS) is 10.9. The number of aryl methyl sites for hydroxylation is 1. The standard InChI is InChI=1S/C21H28ClN3O3/c1-14(2)12-25-16(4)19(15(3)24-25)9-10-21(27)28-13-20(26)23-11-17-5-7-18(22)8-6-17/h5-8,14H,9-13H2,1-4H3,(H,23,26). The predicted molar refractivity (Wildman–Crippen MR) is 109 cm³/mol. The molecule has 6 nitrogen and oxygen atoms in total. The Kier molecular flexibility index (Phi) is 8.05. The molecule has 1 aromatic carbocycles. The van der Waals surface area contributed by atoms with Crippen molar-refractivity contribution in [2.24, 2.45) is 5.92 Å². The summed E-state index contributed by atoms with van der Waals surface area (Å²) in [6.45, 7) is 9.20. The molecule has 0 atom stereocenters. The van der Waals surface area contributed by atoms with Crippen molar-refractivity contribution in [2.45, 2.75) is 53.6 Å². The number of nitrogens with zero attached hydrogens (tertiary/aromatic N) is 2. The van der Waals surface area contributed by atoms with Gasteiger partial charge in [-0.25, -0.2) is 0 Å². The van der Waals surface area contributed by atoms with Crippen molar-refractivity contribution in [3.05, 3.63) is 51.8 Å². The summed E-state index contributed by atoms with van der Waals surface area (Å²) in [6, 6.07) is 7.18. The zero-order valence-corrected chi connectivity index (χ0v) is 17.7. The van der Waals surface area contributed by atoms with Gasteiger partial charge in [0.2, 0.25) is 0 Å². The van der Waals surface area contributed by atoms with E-state index in [1.807, 2.05) is 30.7 Å². The third kappa shape index (κ3) is 6.68. The van der Waals surface area contributed by atoms with Crippen LogP contribution < -0.4 is 5.32 Å². The number of amides is 1. The van der Waals surface area contributed by atoms with Gasteiger partial charge in [-0.3, -0.25) is 14.3 Å². The topological polar surface area (TPSA) is 73.2 Å². The molecule has 1 aromatic heterocycles. The van der Waals surface area contributed by atoms with Gasteiger partial charge in [0.1, 0.15) is 0 Å². The van der Waals surface area contributed by atoms with E-state index in [4.69, 9.17) is 16.3 Å². The Labute approximate surface area is 171 Å². The average Bonchev–Trinajstić information content (AvgIpc) is 2.90. The van der Waals surface area contributed by atoms with Gasteiger partial charge in [-0.15, -0.1) is 0 Å². The molecule has 28 heavy (non-hydrogen) atoms. The van der Waals surface area contributed by atoms with Crippen molar-refractivity contribution in [3.63, 3.8) is 0 Å². The van der Waals surface area contributed by atoms with Gasteiger partial charge in [-0.2, -0.15) is 5.10 Å². The van der Waals surface area contributed by atoms with Gasteiger partial charge in [0.25, 0.3) is 5.91 Å². The molecule has 0 aliphatic rings. The second-order valence-corrected chi connectivity index (χ2v) is 7.73. The Morgan fingerprint density at radius 3 is 2.54 bits per heavy atom. The highest BCUT2D eigenvalue weighted by atomic mass is 35.5. The van der Waals surface area contributed by atoms with E-state index in [-0.39, 0.29) is 18.9 Å². The van der Waals surface area contributed by atoms with Gasteiger partial charge in [-0.05, 0) is 49.4 Å². The number of carbonyl (C=O) groups excluding carboxylic acids is 2. The summed E-state index contributed by atoms with van der Waals surface area (Å²) in [5.41, 5.74) is 4.02. The smallest absolute Gasteiger partial charge is 0.306 e. The molecule has 1 amide bonds. The van der Waals surface area contributed by atoms with E-state index in [9.17, 15) is 9.59 Å². The summed E-state index contributed by atoms with van der Waals surface area (Å²) >= 11 is 5.83. The summed E-state index contributed by atoms with van der Waals surface area (Å²) in [5, 5.41) is 7.91. The Hall–Kier alpha value is -2.34. The van der Waals surface area contributed by atoms with E-state index < -0.39 is 5.97 Å². The van der Waals surface area contributed by atoms with Crippen LogP contribution in [0.15, 0.2) is 24.3 Å². The van der Waals surface area contributed by atoms with Crippen LogP contribution in [0.1, 0.15) is 42.8 Å². The predicted octanol–water partition coefficient (Wildman–Crippen LogP) is 3.60. The van der Waals surface area contributed by atoms with Crippen molar-refractivity contribution in [3.8, 4) is 0 Å². The van der Waals surface area contributed by atoms with Gasteiger partial charge < -0.3 is 10.1 Å². The molecule has 1 heterocycles.